The first-order valence-corrected chi connectivity index (χ1v) is 12.6. The molecular formula is C29H40N4O2. The molecule has 1 atom stereocenters. The van der Waals surface area contributed by atoms with Crippen molar-refractivity contribution in [1.82, 2.24) is 20.1 Å². The van der Waals surface area contributed by atoms with Gasteiger partial charge >= 0.3 is 0 Å². The van der Waals surface area contributed by atoms with Gasteiger partial charge in [0, 0.05) is 60.2 Å². The number of aliphatic hydroxyl groups is 2. The third-order valence-corrected chi connectivity index (χ3v) is 7.41. The highest BCUT2D eigenvalue weighted by Gasteiger charge is 2.56. The fourth-order valence-corrected chi connectivity index (χ4v) is 5.26. The van der Waals surface area contributed by atoms with Crippen molar-refractivity contribution in [2.75, 3.05) is 13.1 Å². The monoisotopic (exact) mass is 476 g/mol. The Morgan fingerprint density at radius 2 is 1.66 bits per heavy atom. The molecule has 0 radical (unpaired) electrons. The predicted octanol–water partition coefficient (Wildman–Crippen LogP) is 4.87. The highest BCUT2D eigenvalue weighted by Crippen LogP contribution is 2.51. The number of aromatic amines is 1. The number of hydrogen-bond donors (Lipinski definition) is 3. The molecule has 0 unspecified atom stereocenters. The number of likely N-dealkylation sites (tertiary alicyclic amines) is 1. The van der Waals surface area contributed by atoms with Crippen molar-refractivity contribution in [3.63, 3.8) is 0 Å². The van der Waals surface area contributed by atoms with Crippen LogP contribution in [0.2, 0.25) is 0 Å². The van der Waals surface area contributed by atoms with Crippen LogP contribution in [0.25, 0.3) is 11.3 Å². The number of hydrogen-bond acceptors (Lipinski definition) is 5. The molecule has 35 heavy (non-hydrogen) atoms. The molecule has 2 aromatic heterocycles. The van der Waals surface area contributed by atoms with E-state index in [0.29, 0.717) is 18.4 Å². The van der Waals surface area contributed by atoms with Crippen LogP contribution in [0.15, 0.2) is 48.8 Å². The third kappa shape index (κ3) is 4.92. The molecule has 3 N–H and O–H groups in total. The van der Waals surface area contributed by atoms with Crippen molar-refractivity contribution in [1.29, 1.82) is 0 Å². The number of nitrogens with one attached hydrogen (secondary N) is 1. The topological polar surface area (TPSA) is 85.3 Å². The third-order valence-electron chi connectivity index (χ3n) is 7.41. The highest BCUT2D eigenvalue weighted by molar-refractivity contribution is 5.60. The Balaban J connectivity index is 1.76. The second-order valence-corrected chi connectivity index (χ2v) is 11.8. The lowest BCUT2D eigenvalue weighted by atomic mass is 9.61. The molecule has 3 aromatic rings. The van der Waals surface area contributed by atoms with E-state index in [1.165, 1.54) is 5.56 Å². The summed E-state index contributed by atoms with van der Waals surface area (Å²) in [6, 6.07) is 12.8. The molecule has 0 spiro atoms. The first-order valence-electron chi connectivity index (χ1n) is 12.6. The second-order valence-electron chi connectivity index (χ2n) is 11.8. The van der Waals surface area contributed by atoms with Gasteiger partial charge in [0.25, 0.3) is 0 Å². The van der Waals surface area contributed by atoms with Gasteiger partial charge in [0.05, 0.1) is 11.3 Å². The summed E-state index contributed by atoms with van der Waals surface area (Å²) in [5, 5.41) is 30.2. The number of aromatic nitrogens is 3. The summed E-state index contributed by atoms with van der Waals surface area (Å²) in [6.07, 6.45) is 4.04. The van der Waals surface area contributed by atoms with Gasteiger partial charge in [-0.25, -0.2) is 0 Å². The molecular weight excluding hydrogens is 436 g/mol. The molecule has 1 aliphatic rings. The summed E-state index contributed by atoms with van der Waals surface area (Å²) in [5.74, 6) is 0.426. The lowest BCUT2D eigenvalue weighted by Crippen LogP contribution is -2.66. The van der Waals surface area contributed by atoms with E-state index in [9.17, 15) is 10.2 Å². The van der Waals surface area contributed by atoms with E-state index in [0.717, 1.165) is 41.2 Å². The van der Waals surface area contributed by atoms with Gasteiger partial charge in [-0.1, -0.05) is 45.0 Å². The number of benzene rings is 1. The smallest absolute Gasteiger partial charge is 0.124 e. The van der Waals surface area contributed by atoms with Crippen LogP contribution in [0.1, 0.15) is 76.8 Å². The van der Waals surface area contributed by atoms with Gasteiger partial charge in [0.2, 0.25) is 0 Å². The van der Waals surface area contributed by atoms with E-state index in [-0.39, 0.29) is 5.41 Å². The largest absolute Gasteiger partial charge is 0.390 e. The minimum Gasteiger partial charge on any atom is -0.390 e. The van der Waals surface area contributed by atoms with Crippen LogP contribution < -0.4 is 0 Å². The maximum Gasteiger partial charge on any atom is 0.124 e. The van der Waals surface area contributed by atoms with E-state index in [4.69, 9.17) is 0 Å². The molecule has 6 nitrogen and oxygen atoms in total. The van der Waals surface area contributed by atoms with E-state index in [1.54, 1.807) is 26.2 Å². The molecule has 1 fully saturated rings. The van der Waals surface area contributed by atoms with Crippen LogP contribution in [0.3, 0.4) is 0 Å². The zero-order valence-corrected chi connectivity index (χ0v) is 22.1. The summed E-state index contributed by atoms with van der Waals surface area (Å²) in [7, 11) is 0. The summed E-state index contributed by atoms with van der Waals surface area (Å²) in [5.41, 5.74) is 2.95. The molecule has 1 aliphatic heterocycles. The van der Waals surface area contributed by atoms with Crippen molar-refractivity contribution in [2.24, 2.45) is 5.41 Å². The molecule has 6 heteroatoms. The average molecular weight is 477 g/mol. The lowest BCUT2D eigenvalue weighted by Gasteiger charge is -2.58. The van der Waals surface area contributed by atoms with Gasteiger partial charge in [-0.05, 0) is 56.9 Å². The van der Waals surface area contributed by atoms with Crippen molar-refractivity contribution in [2.45, 2.75) is 78.0 Å². The molecule has 0 aliphatic carbocycles. The molecule has 0 bridgehead atoms. The lowest BCUT2D eigenvalue weighted by molar-refractivity contribution is -0.144. The van der Waals surface area contributed by atoms with Crippen molar-refractivity contribution in [3.8, 4) is 11.3 Å². The zero-order chi connectivity index (χ0) is 25.6. The van der Waals surface area contributed by atoms with E-state index in [1.807, 2.05) is 12.1 Å². The van der Waals surface area contributed by atoms with Gasteiger partial charge in [0.1, 0.15) is 5.60 Å². The van der Waals surface area contributed by atoms with Crippen LogP contribution in [0, 0.1) is 5.41 Å². The summed E-state index contributed by atoms with van der Waals surface area (Å²) < 4.78 is 0. The van der Waals surface area contributed by atoms with Gasteiger partial charge in [0.15, 0.2) is 0 Å². The Kier molecular flexibility index (Phi) is 6.68. The van der Waals surface area contributed by atoms with Crippen LogP contribution in [-0.4, -0.2) is 55.0 Å². The summed E-state index contributed by atoms with van der Waals surface area (Å²) in [6.45, 7) is 16.1. The molecule has 4 rings (SSSR count). The second kappa shape index (κ2) is 9.16. The van der Waals surface area contributed by atoms with Gasteiger partial charge in [-0.15, -0.1) is 0 Å². The molecule has 188 valence electrons. The number of rotatable bonds is 8. The van der Waals surface area contributed by atoms with Crippen LogP contribution in [0.4, 0.5) is 0 Å². The Bertz CT molecular complexity index is 1150. The van der Waals surface area contributed by atoms with Crippen LogP contribution in [-0.2, 0) is 12.0 Å². The average Bonchev–Trinajstić information content (AvgIpc) is 3.23. The van der Waals surface area contributed by atoms with Gasteiger partial charge in [-0.3, -0.25) is 15.0 Å². The van der Waals surface area contributed by atoms with Crippen LogP contribution in [0.5, 0.6) is 0 Å². The normalized spacial score (nSPS) is 18.0. The zero-order valence-electron chi connectivity index (χ0n) is 22.1. The van der Waals surface area contributed by atoms with Gasteiger partial charge in [-0.2, -0.15) is 5.10 Å². The summed E-state index contributed by atoms with van der Waals surface area (Å²) in [4.78, 5) is 6.92. The minimum absolute atomic E-state index is 0.366. The molecule has 3 heterocycles. The van der Waals surface area contributed by atoms with Crippen molar-refractivity contribution < 1.29 is 10.2 Å². The van der Waals surface area contributed by atoms with Crippen molar-refractivity contribution in [3.05, 3.63) is 71.2 Å². The minimum atomic E-state index is -1.21. The summed E-state index contributed by atoms with van der Waals surface area (Å²) >= 11 is 0. The predicted molar refractivity (Wildman–Crippen MR) is 140 cm³/mol. The fourth-order valence-electron chi connectivity index (χ4n) is 5.26. The van der Waals surface area contributed by atoms with E-state index in [2.05, 4.69) is 79.0 Å². The van der Waals surface area contributed by atoms with E-state index < -0.39 is 11.2 Å². The molecule has 0 saturated carbocycles. The maximum atomic E-state index is 12.6. The number of nitrogens with zero attached hydrogens (tertiary/aromatic N) is 3. The van der Waals surface area contributed by atoms with Crippen LogP contribution >= 0.6 is 0 Å². The molecule has 0 amide bonds. The Morgan fingerprint density at radius 3 is 2.23 bits per heavy atom. The number of pyridine rings is 1. The Hall–Kier alpha value is -2.54. The molecule has 1 saturated heterocycles. The fraction of sp³-hybridized carbons (Fsp3) is 0.517. The van der Waals surface area contributed by atoms with Gasteiger partial charge < -0.3 is 10.2 Å². The van der Waals surface area contributed by atoms with Crippen molar-refractivity contribution >= 4 is 0 Å². The number of H-pyrrole nitrogens is 1. The Morgan fingerprint density at radius 1 is 1.00 bits per heavy atom. The first-order chi connectivity index (χ1) is 16.3. The van der Waals surface area contributed by atoms with E-state index >= 15 is 0 Å². The Labute approximate surface area is 209 Å². The SMILES string of the molecule is CC(C)c1ccc([C@](O)(c2cncc(-c3cc(CC(C)(C)O)[nH]n3)c2)C2(C)CN(C(C)C)C2)cc1. The maximum absolute atomic E-state index is 12.6. The highest BCUT2D eigenvalue weighted by atomic mass is 16.3. The first kappa shape index (κ1) is 25.5. The molecule has 1 aromatic carbocycles. The quantitative estimate of drug-likeness (QED) is 0.432. The standard InChI is InChI=1S/C29H40N4O2/c1-19(2)21-8-10-23(11-9-21)29(35,28(7)17-33(18-28)20(3)4)24-12-22(15-30-16-24)26-13-25(31-32-26)14-27(5,6)34/h8-13,15-16,19-20,34-35H,14,17-18H2,1-7H3,(H,31,32)/t29-/m0/s1.